The summed E-state index contributed by atoms with van der Waals surface area (Å²) in [5, 5.41) is 21.5. The van der Waals surface area contributed by atoms with E-state index < -0.39 is 53.1 Å². The first-order chi connectivity index (χ1) is 18.5. The number of hydrogen-bond donors (Lipinski definition) is 3. The highest BCUT2D eigenvalue weighted by Crippen LogP contribution is 2.41. The van der Waals surface area contributed by atoms with Gasteiger partial charge in [-0.2, -0.15) is 0 Å². The van der Waals surface area contributed by atoms with Crippen LogP contribution in [0, 0.1) is 5.41 Å². The summed E-state index contributed by atoms with van der Waals surface area (Å²) in [6, 6.07) is -1.02. The Bertz CT molecular complexity index is 1380. The molecule has 2 aromatic heterocycles. The maximum atomic E-state index is 13.2. The number of rotatable bonds is 8. The zero-order chi connectivity index (χ0) is 28.3. The van der Waals surface area contributed by atoms with Crippen LogP contribution in [0.5, 0.6) is 0 Å². The summed E-state index contributed by atoms with van der Waals surface area (Å²) in [5.74, 6) is -2.60. The zero-order valence-corrected chi connectivity index (χ0v) is 23.3. The van der Waals surface area contributed by atoms with E-state index in [0.717, 1.165) is 22.9 Å². The number of nitrogens with zero attached hydrogens (tertiary/aromatic N) is 5. The number of ether oxygens (including phenoxy) is 2. The summed E-state index contributed by atoms with van der Waals surface area (Å²) in [6.45, 7) is 4.32. The Balaban J connectivity index is 1.52. The topological polar surface area (TPSA) is 199 Å². The van der Waals surface area contributed by atoms with E-state index in [1.165, 1.54) is 22.0 Å². The number of β-lactam (4-membered cyclic amide) rings is 1. The van der Waals surface area contributed by atoms with Crippen LogP contribution < -0.4 is 11.1 Å². The van der Waals surface area contributed by atoms with Crippen molar-refractivity contribution in [3.05, 3.63) is 39.5 Å². The van der Waals surface area contributed by atoms with E-state index in [2.05, 4.69) is 25.0 Å². The van der Waals surface area contributed by atoms with Gasteiger partial charge in [0, 0.05) is 16.5 Å². The lowest BCUT2D eigenvalue weighted by Gasteiger charge is -2.49. The number of fused-ring (bicyclic) bond motifs is 1. The third kappa shape index (κ3) is 6.10. The first-order valence-corrected chi connectivity index (χ1v) is 14.0. The molecule has 0 bridgehead atoms. The summed E-state index contributed by atoms with van der Waals surface area (Å²) >= 11 is 3.51. The van der Waals surface area contributed by atoms with Gasteiger partial charge in [-0.3, -0.25) is 19.3 Å². The van der Waals surface area contributed by atoms with Gasteiger partial charge in [-0.25, -0.2) is 9.78 Å². The molecule has 0 aromatic carbocycles. The van der Waals surface area contributed by atoms with Crippen LogP contribution in [0.1, 0.15) is 32.2 Å². The summed E-state index contributed by atoms with van der Waals surface area (Å²) in [7, 11) is 0. The monoisotopic (exact) mass is 593 g/mol. The lowest BCUT2D eigenvalue weighted by molar-refractivity contribution is -0.173. The second kappa shape index (κ2) is 11.5. The van der Waals surface area contributed by atoms with E-state index >= 15 is 0 Å². The van der Waals surface area contributed by atoms with Crippen molar-refractivity contribution in [3.63, 3.8) is 0 Å². The molecule has 2 aliphatic rings. The Kier molecular flexibility index (Phi) is 8.31. The molecule has 2 atom stereocenters. The summed E-state index contributed by atoms with van der Waals surface area (Å²) in [5.41, 5.74) is 5.40. The van der Waals surface area contributed by atoms with Crippen molar-refractivity contribution in [1.29, 1.82) is 0 Å². The number of oxime groups is 1. The number of nitrogen functional groups attached to an aromatic ring is 1. The number of thiazole rings is 1. The van der Waals surface area contributed by atoms with Gasteiger partial charge in [0.2, 0.25) is 6.79 Å². The SMILES string of the molecule is CC(C)(C)C(=O)OCOC(=O)C1=C(/C=C\c2csnn2)CSC2C(NC(=O)/C(=N\O)c3csc(N)n3)C(=O)N12. The third-order valence-corrected chi connectivity index (χ3v) is 7.88. The molecule has 4 rings (SSSR count). The second-order valence-corrected chi connectivity index (χ2v) is 11.8. The number of carbonyl (C=O) groups excluding carboxylic acids is 4. The van der Waals surface area contributed by atoms with Crippen molar-refractivity contribution in [2.24, 2.45) is 10.6 Å². The Morgan fingerprint density at radius 3 is 2.67 bits per heavy atom. The highest BCUT2D eigenvalue weighted by atomic mass is 32.2. The van der Waals surface area contributed by atoms with Gasteiger partial charge in [0.25, 0.3) is 11.8 Å². The minimum Gasteiger partial charge on any atom is -0.427 e. The largest absolute Gasteiger partial charge is 0.427 e. The average molecular weight is 594 g/mol. The molecular weight excluding hydrogens is 570 g/mol. The van der Waals surface area contributed by atoms with E-state index in [-0.39, 0.29) is 22.3 Å². The number of carbonyl (C=O) groups is 4. The number of nitrogens with two attached hydrogens (primary N) is 1. The Labute approximate surface area is 234 Å². The van der Waals surface area contributed by atoms with Gasteiger partial charge in [0.1, 0.15) is 22.8 Å². The van der Waals surface area contributed by atoms with Gasteiger partial charge in [0.15, 0.2) is 10.8 Å². The predicted molar refractivity (Wildman–Crippen MR) is 142 cm³/mol. The number of allylic oxidation sites excluding steroid dienone is 1. The molecule has 0 saturated carbocycles. The molecule has 4 heterocycles. The summed E-state index contributed by atoms with van der Waals surface area (Å²) < 4.78 is 14.0. The standard InChI is InChI=1S/C22H23N7O7S3/c1-22(2,3)20(33)36-9-35-19(32)15-10(4-5-11-7-39-28-26-11)6-37-18-14(17(31)29(15)18)25-16(30)13(27-34)12-8-38-21(23)24-12/h4-5,7-8,14,18,34H,6,9H2,1-3H3,(H2,23,24)(H,25,30)/b5-4-,27-13-. The van der Waals surface area contributed by atoms with Crippen molar-refractivity contribution in [1.82, 2.24) is 24.8 Å². The molecule has 2 amide bonds. The van der Waals surface area contributed by atoms with Gasteiger partial charge < -0.3 is 25.7 Å². The molecule has 0 aliphatic carbocycles. The van der Waals surface area contributed by atoms with Crippen LogP contribution in [0.3, 0.4) is 0 Å². The van der Waals surface area contributed by atoms with Crippen LogP contribution in [-0.4, -0.2) is 78.1 Å². The molecular formula is C22H23N7O7S3. The van der Waals surface area contributed by atoms with E-state index in [1.54, 1.807) is 38.3 Å². The lowest BCUT2D eigenvalue weighted by atomic mass is 9.98. The fourth-order valence-corrected chi connectivity index (χ4v) is 5.72. The minimum absolute atomic E-state index is 0.0512. The Morgan fingerprint density at radius 2 is 2.05 bits per heavy atom. The van der Waals surface area contributed by atoms with E-state index in [9.17, 15) is 24.4 Å². The summed E-state index contributed by atoms with van der Waals surface area (Å²) in [6.07, 6.45) is 3.26. The minimum atomic E-state index is -1.02. The molecule has 0 radical (unpaired) electrons. The average Bonchev–Trinajstić information content (AvgIpc) is 3.57. The van der Waals surface area contributed by atoms with Crippen molar-refractivity contribution < 1.29 is 33.9 Å². The normalized spacial score (nSPS) is 19.5. The van der Waals surface area contributed by atoms with Crippen LogP contribution in [0.2, 0.25) is 0 Å². The molecule has 1 saturated heterocycles. The molecule has 0 spiro atoms. The molecule has 17 heteroatoms. The number of hydrogen-bond acceptors (Lipinski definition) is 15. The predicted octanol–water partition coefficient (Wildman–Crippen LogP) is 1.21. The Morgan fingerprint density at radius 1 is 1.28 bits per heavy atom. The second-order valence-electron chi connectivity index (χ2n) is 9.15. The summed E-state index contributed by atoms with van der Waals surface area (Å²) in [4.78, 5) is 56.2. The van der Waals surface area contributed by atoms with Crippen molar-refractivity contribution in [2.75, 3.05) is 18.3 Å². The number of aromatic nitrogens is 3. The van der Waals surface area contributed by atoms with Crippen LogP contribution in [0.25, 0.3) is 6.08 Å². The van der Waals surface area contributed by atoms with Crippen LogP contribution in [0.4, 0.5) is 5.13 Å². The number of esters is 2. The highest BCUT2D eigenvalue weighted by Gasteiger charge is 2.54. The molecule has 1 fully saturated rings. The molecule has 4 N–H and O–H groups in total. The fourth-order valence-electron chi connectivity index (χ4n) is 3.43. The maximum Gasteiger partial charge on any atom is 0.358 e. The Hall–Kier alpha value is -3.83. The van der Waals surface area contributed by atoms with Crippen molar-refractivity contribution >= 4 is 75.3 Å². The number of thioether (sulfide) groups is 1. The maximum absolute atomic E-state index is 13.2. The molecule has 14 nitrogen and oxygen atoms in total. The third-order valence-electron chi connectivity index (χ3n) is 5.38. The molecule has 2 aromatic rings. The van der Waals surface area contributed by atoms with Gasteiger partial charge in [-0.1, -0.05) is 15.7 Å². The van der Waals surface area contributed by atoms with Crippen LogP contribution in [0.15, 0.2) is 33.3 Å². The van der Waals surface area contributed by atoms with E-state index in [0.29, 0.717) is 11.3 Å². The van der Waals surface area contributed by atoms with E-state index in [4.69, 9.17) is 15.2 Å². The van der Waals surface area contributed by atoms with Gasteiger partial charge in [0.05, 0.1) is 11.1 Å². The zero-order valence-electron chi connectivity index (χ0n) is 20.8. The fraction of sp³-hybridized carbons (Fsp3) is 0.364. The van der Waals surface area contributed by atoms with Crippen molar-refractivity contribution in [3.8, 4) is 0 Å². The van der Waals surface area contributed by atoms with Gasteiger partial charge >= 0.3 is 11.9 Å². The van der Waals surface area contributed by atoms with E-state index in [1.807, 2.05) is 0 Å². The number of nitrogens with one attached hydrogen (secondary N) is 1. The van der Waals surface area contributed by atoms with Crippen LogP contribution in [-0.2, 0) is 28.7 Å². The highest BCUT2D eigenvalue weighted by molar-refractivity contribution is 8.00. The smallest absolute Gasteiger partial charge is 0.358 e. The molecule has 206 valence electrons. The number of amides is 2. The van der Waals surface area contributed by atoms with Gasteiger partial charge in [-0.05, 0) is 44.0 Å². The van der Waals surface area contributed by atoms with Gasteiger partial charge in [-0.15, -0.1) is 28.2 Å². The van der Waals surface area contributed by atoms with Crippen LogP contribution >= 0.6 is 34.6 Å². The molecule has 2 aliphatic heterocycles. The molecule has 2 unspecified atom stereocenters. The quantitative estimate of drug-likeness (QED) is 0.0988. The first-order valence-electron chi connectivity index (χ1n) is 11.2. The first kappa shape index (κ1) is 28.2. The molecule has 39 heavy (non-hydrogen) atoms. The van der Waals surface area contributed by atoms with Crippen molar-refractivity contribution in [2.45, 2.75) is 32.2 Å². The number of anilines is 1. The lowest BCUT2D eigenvalue weighted by Crippen LogP contribution is -2.71.